The first-order valence-corrected chi connectivity index (χ1v) is 14.4. The van der Waals surface area contributed by atoms with Gasteiger partial charge in [-0.25, -0.2) is 4.98 Å². The molecule has 6 rings (SSSR count). The lowest BCUT2D eigenvalue weighted by atomic mass is 10.0. The number of halogens is 3. The molecule has 0 saturated carbocycles. The van der Waals surface area contributed by atoms with Gasteiger partial charge in [0, 0.05) is 70.0 Å². The standard InChI is InChI=1S/C30H30F3N7S/c1-18-9-27(26-11-24(12-30(31,32)33)41-29(26)37-18)38-22-5-7-39(8-6-22)17-21-3-4-28-25(19(21)2)10-23(13-34)40(28)16-20-14-35-36-15-20/h3-4,9-11,14-15,22H,5-8,12,16-17H2,1-2H3,(H,35,36)(H,37,38). The molecular formula is C30H30F3N7S. The number of alkyl halides is 3. The molecule has 0 atom stereocenters. The van der Waals surface area contributed by atoms with E-state index >= 15 is 0 Å². The first-order chi connectivity index (χ1) is 19.7. The van der Waals surface area contributed by atoms with E-state index in [9.17, 15) is 18.4 Å². The minimum Gasteiger partial charge on any atom is -0.382 e. The fraction of sp³-hybridized carbons (Fsp3) is 0.367. The number of fused-ring (bicyclic) bond motifs is 2. The summed E-state index contributed by atoms with van der Waals surface area (Å²) in [5.74, 6) is 0. The zero-order valence-electron chi connectivity index (χ0n) is 22.8. The maximum atomic E-state index is 13.0. The second kappa shape index (κ2) is 10.8. The number of anilines is 1. The molecule has 0 radical (unpaired) electrons. The molecule has 1 saturated heterocycles. The summed E-state index contributed by atoms with van der Waals surface area (Å²) in [6, 6.07) is 12.4. The Hall–Kier alpha value is -3.88. The topological polar surface area (TPSA) is 85.6 Å². The van der Waals surface area contributed by atoms with Gasteiger partial charge in [0.05, 0.1) is 19.2 Å². The number of aromatic amines is 1. The van der Waals surface area contributed by atoms with Gasteiger partial charge in [0.1, 0.15) is 16.6 Å². The molecule has 0 amide bonds. The Morgan fingerprint density at radius 1 is 1.12 bits per heavy atom. The molecule has 5 heterocycles. The molecule has 2 N–H and O–H groups in total. The van der Waals surface area contributed by atoms with Crippen LogP contribution in [-0.2, 0) is 19.5 Å². The maximum Gasteiger partial charge on any atom is 0.393 e. The van der Waals surface area contributed by atoms with Crippen molar-refractivity contribution in [2.75, 3.05) is 18.4 Å². The SMILES string of the molecule is Cc1cc(NC2CCN(Cc3ccc4c(cc(C#N)n4Cc4cn[nH]c4)c3C)CC2)c2cc(CC(F)(F)F)sc2n1. The van der Waals surface area contributed by atoms with E-state index in [0.29, 0.717) is 17.1 Å². The number of benzene rings is 1. The average molecular weight is 578 g/mol. The Kier molecular flexibility index (Phi) is 7.21. The second-order valence-electron chi connectivity index (χ2n) is 10.8. The number of hydrogen-bond acceptors (Lipinski definition) is 6. The highest BCUT2D eigenvalue weighted by atomic mass is 32.1. The molecule has 41 heavy (non-hydrogen) atoms. The van der Waals surface area contributed by atoms with Crippen LogP contribution in [0.3, 0.4) is 0 Å². The van der Waals surface area contributed by atoms with E-state index in [-0.39, 0.29) is 10.9 Å². The first kappa shape index (κ1) is 27.3. The number of nitrogens with one attached hydrogen (secondary N) is 2. The predicted molar refractivity (Wildman–Crippen MR) is 155 cm³/mol. The maximum absolute atomic E-state index is 13.0. The van der Waals surface area contributed by atoms with Crippen molar-refractivity contribution in [1.29, 1.82) is 5.26 Å². The highest BCUT2D eigenvalue weighted by Gasteiger charge is 2.29. The number of nitriles is 1. The van der Waals surface area contributed by atoms with Crippen molar-refractivity contribution in [3.8, 4) is 6.07 Å². The smallest absolute Gasteiger partial charge is 0.382 e. The molecule has 7 nitrogen and oxygen atoms in total. The third-order valence-corrected chi connectivity index (χ3v) is 8.91. The molecule has 4 aromatic heterocycles. The Labute approximate surface area is 239 Å². The van der Waals surface area contributed by atoms with Crippen LogP contribution < -0.4 is 5.32 Å². The summed E-state index contributed by atoms with van der Waals surface area (Å²) in [7, 11) is 0. The normalized spacial score (nSPS) is 15.1. The number of H-pyrrole nitrogens is 1. The Balaban J connectivity index is 1.13. The quantitative estimate of drug-likeness (QED) is 0.225. The van der Waals surface area contributed by atoms with Gasteiger partial charge in [0.15, 0.2) is 0 Å². The number of rotatable bonds is 7. The van der Waals surface area contributed by atoms with Crippen molar-refractivity contribution in [2.24, 2.45) is 0 Å². The van der Waals surface area contributed by atoms with E-state index in [1.54, 1.807) is 12.3 Å². The van der Waals surface area contributed by atoms with E-state index < -0.39 is 12.6 Å². The van der Waals surface area contributed by atoms with Crippen LogP contribution >= 0.6 is 11.3 Å². The predicted octanol–water partition coefficient (Wildman–Crippen LogP) is 6.69. The van der Waals surface area contributed by atoms with Gasteiger partial charge in [-0.15, -0.1) is 11.3 Å². The van der Waals surface area contributed by atoms with Crippen LogP contribution in [0.5, 0.6) is 0 Å². The summed E-state index contributed by atoms with van der Waals surface area (Å²) in [6.07, 6.45) is 0.324. The van der Waals surface area contributed by atoms with Crippen LogP contribution in [0, 0.1) is 25.2 Å². The fourth-order valence-corrected chi connectivity index (χ4v) is 6.92. The van der Waals surface area contributed by atoms with Crippen molar-refractivity contribution >= 4 is 38.1 Å². The van der Waals surface area contributed by atoms with Crippen LogP contribution in [0.4, 0.5) is 18.9 Å². The van der Waals surface area contributed by atoms with Crippen molar-refractivity contribution < 1.29 is 13.2 Å². The number of aromatic nitrogens is 4. The van der Waals surface area contributed by atoms with Crippen molar-refractivity contribution in [3.63, 3.8) is 0 Å². The van der Waals surface area contributed by atoms with Crippen LogP contribution in [0.2, 0.25) is 0 Å². The summed E-state index contributed by atoms with van der Waals surface area (Å²) in [5, 5.41) is 22.1. The van der Waals surface area contributed by atoms with E-state index in [1.165, 1.54) is 11.1 Å². The Morgan fingerprint density at radius 3 is 2.63 bits per heavy atom. The molecule has 0 spiro atoms. The molecule has 0 unspecified atom stereocenters. The summed E-state index contributed by atoms with van der Waals surface area (Å²) in [5.41, 5.74) is 6.78. The first-order valence-electron chi connectivity index (χ1n) is 13.6. The fourth-order valence-electron chi connectivity index (χ4n) is 5.79. The molecule has 1 fully saturated rings. The minimum atomic E-state index is -4.23. The summed E-state index contributed by atoms with van der Waals surface area (Å²) < 4.78 is 40.9. The number of pyridine rings is 1. The van der Waals surface area contributed by atoms with Gasteiger partial charge in [0.25, 0.3) is 0 Å². The lowest BCUT2D eigenvalue weighted by Crippen LogP contribution is -2.38. The molecule has 5 aromatic rings. The molecule has 1 aliphatic heterocycles. The third-order valence-electron chi connectivity index (χ3n) is 7.88. The summed E-state index contributed by atoms with van der Waals surface area (Å²) in [4.78, 5) is 7.86. The highest BCUT2D eigenvalue weighted by Crippen LogP contribution is 2.35. The van der Waals surface area contributed by atoms with Gasteiger partial charge in [-0.1, -0.05) is 6.07 Å². The van der Waals surface area contributed by atoms with Gasteiger partial charge < -0.3 is 9.88 Å². The van der Waals surface area contributed by atoms with Gasteiger partial charge in [0.2, 0.25) is 0 Å². The lowest BCUT2D eigenvalue weighted by molar-refractivity contribution is -0.126. The van der Waals surface area contributed by atoms with Crippen LogP contribution in [-0.4, -0.2) is 50.0 Å². The molecule has 212 valence electrons. The molecule has 1 aliphatic rings. The number of likely N-dealkylation sites (tertiary alicyclic amines) is 1. The summed E-state index contributed by atoms with van der Waals surface area (Å²) >= 11 is 1.12. The van der Waals surface area contributed by atoms with Gasteiger partial charge >= 0.3 is 6.18 Å². The molecule has 0 bridgehead atoms. The van der Waals surface area contributed by atoms with Crippen LogP contribution in [0.25, 0.3) is 21.1 Å². The van der Waals surface area contributed by atoms with Crippen molar-refractivity contribution in [3.05, 3.63) is 75.7 Å². The van der Waals surface area contributed by atoms with E-state index in [4.69, 9.17) is 0 Å². The van der Waals surface area contributed by atoms with Crippen molar-refractivity contribution in [1.82, 2.24) is 24.6 Å². The Morgan fingerprint density at radius 2 is 1.93 bits per heavy atom. The Bertz CT molecular complexity index is 1740. The molecule has 1 aromatic carbocycles. The van der Waals surface area contributed by atoms with Crippen LogP contribution in [0.15, 0.2) is 42.7 Å². The molecular weight excluding hydrogens is 547 g/mol. The zero-order chi connectivity index (χ0) is 28.7. The molecule has 11 heteroatoms. The van der Waals surface area contributed by atoms with Gasteiger partial charge in [-0.05, 0) is 62.1 Å². The van der Waals surface area contributed by atoms with Gasteiger partial charge in [-0.3, -0.25) is 10.00 Å². The lowest BCUT2D eigenvalue weighted by Gasteiger charge is -2.33. The van der Waals surface area contributed by atoms with E-state index in [0.717, 1.165) is 77.0 Å². The second-order valence-corrected chi connectivity index (χ2v) is 12.0. The third kappa shape index (κ3) is 5.80. The monoisotopic (exact) mass is 577 g/mol. The number of thiophene rings is 1. The van der Waals surface area contributed by atoms with Crippen molar-refractivity contribution in [2.45, 2.75) is 58.4 Å². The number of hydrogen-bond donors (Lipinski definition) is 2. The highest BCUT2D eigenvalue weighted by molar-refractivity contribution is 7.18. The minimum absolute atomic E-state index is 0.237. The number of piperidine rings is 1. The zero-order valence-corrected chi connectivity index (χ0v) is 23.7. The number of nitrogens with zero attached hydrogens (tertiary/aromatic N) is 5. The van der Waals surface area contributed by atoms with E-state index in [2.05, 4.69) is 50.5 Å². The van der Waals surface area contributed by atoms with E-state index in [1.807, 2.05) is 29.8 Å². The molecule has 0 aliphatic carbocycles. The van der Waals surface area contributed by atoms with Crippen LogP contribution in [0.1, 0.15) is 45.8 Å². The summed E-state index contributed by atoms with van der Waals surface area (Å²) in [6.45, 7) is 7.24. The van der Waals surface area contributed by atoms with Gasteiger partial charge in [-0.2, -0.15) is 23.5 Å². The number of aryl methyl sites for hydroxylation is 2. The largest absolute Gasteiger partial charge is 0.393 e. The average Bonchev–Trinajstić information content (AvgIpc) is 3.65.